The highest BCUT2D eigenvalue weighted by atomic mass is 19.1. The molecule has 0 amide bonds. The Bertz CT molecular complexity index is 351. The van der Waals surface area contributed by atoms with Crippen LogP contribution < -0.4 is 0 Å². The fraction of sp³-hybridized carbons (Fsp3) is 0.545. The number of aromatic nitrogens is 1. The van der Waals surface area contributed by atoms with Crippen molar-refractivity contribution in [2.75, 3.05) is 0 Å². The summed E-state index contributed by atoms with van der Waals surface area (Å²) < 4.78 is 12.9. The zero-order chi connectivity index (χ0) is 10.3. The third-order valence-corrected chi connectivity index (χ3v) is 3.34. The number of nitrogens with zero attached hydrogens (tertiary/aromatic N) is 1. The predicted octanol–water partition coefficient (Wildman–Crippen LogP) is 2.10. The van der Waals surface area contributed by atoms with Crippen LogP contribution in [-0.4, -0.2) is 16.2 Å². The van der Waals surface area contributed by atoms with Crippen molar-refractivity contribution >= 4 is 0 Å². The van der Waals surface area contributed by atoms with Crippen LogP contribution in [0.4, 0.5) is 4.39 Å². The van der Waals surface area contributed by atoms with Crippen LogP contribution in [0.25, 0.3) is 0 Å². The summed E-state index contributed by atoms with van der Waals surface area (Å²) in [6.45, 7) is 3.99. The number of hydrogen-bond acceptors (Lipinski definition) is 2. The van der Waals surface area contributed by atoms with Gasteiger partial charge in [-0.1, -0.05) is 13.8 Å². The lowest BCUT2D eigenvalue weighted by molar-refractivity contribution is -0.0627. The maximum absolute atomic E-state index is 12.9. The monoisotopic (exact) mass is 195 g/mol. The molecule has 3 heteroatoms. The van der Waals surface area contributed by atoms with Gasteiger partial charge in [0.2, 0.25) is 0 Å². The van der Waals surface area contributed by atoms with Gasteiger partial charge in [-0.25, -0.2) is 4.39 Å². The van der Waals surface area contributed by atoms with Crippen molar-refractivity contribution in [1.29, 1.82) is 0 Å². The molecule has 2 nitrogen and oxygen atoms in total. The van der Waals surface area contributed by atoms with Gasteiger partial charge in [-0.3, -0.25) is 4.98 Å². The lowest BCUT2D eigenvalue weighted by Crippen LogP contribution is -2.47. The molecule has 1 aliphatic carbocycles. The summed E-state index contributed by atoms with van der Waals surface area (Å²) in [6.07, 6.45) is 3.31. The Morgan fingerprint density at radius 1 is 1.50 bits per heavy atom. The van der Waals surface area contributed by atoms with Crippen molar-refractivity contribution < 1.29 is 9.50 Å². The highest BCUT2D eigenvalue weighted by molar-refractivity contribution is 5.23. The fourth-order valence-electron chi connectivity index (χ4n) is 2.09. The molecule has 0 saturated heterocycles. The van der Waals surface area contributed by atoms with E-state index in [4.69, 9.17) is 0 Å². The predicted molar refractivity (Wildman–Crippen MR) is 51.3 cm³/mol. The summed E-state index contributed by atoms with van der Waals surface area (Å²) in [5.41, 5.74) is 0.732. The fourth-order valence-corrected chi connectivity index (χ4v) is 2.09. The van der Waals surface area contributed by atoms with Crippen LogP contribution >= 0.6 is 0 Å². The quantitative estimate of drug-likeness (QED) is 0.744. The first-order chi connectivity index (χ1) is 6.51. The van der Waals surface area contributed by atoms with Crippen LogP contribution in [-0.2, 0) is 0 Å². The molecule has 1 aromatic rings. The number of aliphatic hydroxyl groups is 1. The van der Waals surface area contributed by atoms with Gasteiger partial charge in [-0.15, -0.1) is 0 Å². The van der Waals surface area contributed by atoms with E-state index in [1.165, 1.54) is 12.3 Å². The Balaban J connectivity index is 2.26. The van der Waals surface area contributed by atoms with E-state index in [2.05, 4.69) is 4.98 Å². The van der Waals surface area contributed by atoms with Crippen molar-refractivity contribution in [2.45, 2.75) is 32.3 Å². The molecule has 0 spiro atoms. The second-order valence-corrected chi connectivity index (χ2v) is 4.56. The summed E-state index contributed by atoms with van der Waals surface area (Å²) in [7, 11) is 0. The van der Waals surface area contributed by atoms with Gasteiger partial charge in [-0.2, -0.15) is 0 Å². The maximum Gasteiger partial charge on any atom is 0.141 e. The average Bonchev–Trinajstić information content (AvgIpc) is 2.14. The number of rotatable bonds is 1. The van der Waals surface area contributed by atoms with Crippen molar-refractivity contribution in [3.63, 3.8) is 0 Å². The minimum Gasteiger partial charge on any atom is -0.393 e. The lowest BCUT2D eigenvalue weighted by Gasteiger charge is -2.49. The Kier molecular flexibility index (Phi) is 2.07. The molecule has 14 heavy (non-hydrogen) atoms. The Hall–Kier alpha value is -0.960. The maximum atomic E-state index is 12.9. The molecule has 0 aromatic carbocycles. The minimum absolute atomic E-state index is 0.157. The summed E-state index contributed by atoms with van der Waals surface area (Å²) in [6, 6.07) is 1.51. The molecular weight excluding hydrogens is 181 g/mol. The average molecular weight is 195 g/mol. The zero-order valence-corrected chi connectivity index (χ0v) is 8.37. The van der Waals surface area contributed by atoms with E-state index in [-0.39, 0.29) is 23.3 Å². The van der Waals surface area contributed by atoms with Crippen LogP contribution in [0.2, 0.25) is 0 Å². The van der Waals surface area contributed by atoms with E-state index in [1.54, 1.807) is 6.20 Å². The van der Waals surface area contributed by atoms with Gasteiger partial charge in [0.05, 0.1) is 12.3 Å². The molecule has 1 heterocycles. The molecule has 2 atom stereocenters. The van der Waals surface area contributed by atoms with E-state index in [1.807, 2.05) is 13.8 Å². The lowest BCUT2D eigenvalue weighted by atomic mass is 9.58. The molecule has 1 fully saturated rings. The SMILES string of the molecule is CC1(C)C(O)CC1c1cncc(F)c1. The van der Waals surface area contributed by atoms with Gasteiger partial charge >= 0.3 is 0 Å². The second-order valence-electron chi connectivity index (χ2n) is 4.56. The minimum atomic E-state index is -0.306. The summed E-state index contributed by atoms with van der Waals surface area (Å²) in [5.74, 6) is -0.0830. The van der Waals surface area contributed by atoms with Crippen LogP contribution in [0.15, 0.2) is 18.5 Å². The van der Waals surface area contributed by atoms with Gasteiger partial charge < -0.3 is 5.11 Å². The zero-order valence-electron chi connectivity index (χ0n) is 8.37. The van der Waals surface area contributed by atoms with Crippen LogP contribution in [0.3, 0.4) is 0 Å². The highest BCUT2D eigenvalue weighted by Gasteiger charge is 2.47. The van der Waals surface area contributed by atoms with Gasteiger partial charge in [0.15, 0.2) is 0 Å². The van der Waals surface area contributed by atoms with Gasteiger partial charge in [-0.05, 0) is 29.4 Å². The number of aliphatic hydroxyl groups excluding tert-OH is 1. The molecular formula is C11H14FNO. The van der Waals surface area contributed by atoms with Crippen molar-refractivity contribution in [3.8, 4) is 0 Å². The molecule has 1 aliphatic rings. The molecule has 0 radical (unpaired) electrons. The van der Waals surface area contributed by atoms with E-state index in [0.29, 0.717) is 6.42 Å². The molecule has 2 rings (SSSR count). The first-order valence-electron chi connectivity index (χ1n) is 4.80. The molecule has 76 valence electrons. The molecule has 1 aromatic heterocycles. The topological polar surface area (TPSA) is 33.1 Å². The number of halogens is 1. The standard InChI is InChI=1S/C11H14FNO/c1-11(2)9(4-10(11)14)7-3-8(12)6-13-5-7/h3,5-6,9-10,14H,4H2,1-2H3. The van der Waals surface area contributed by atoms with Crippen molar-refractivity contribution in [2.24, 2.45) is 5.41 Å². The third kappa shape index (κ3) is 1.32. The van der Waals surface area contributed by atoms with E-state index in [9.17, 15) is 9.50 Å². The van der Waals surface area contributed by atoms with Crippen LogP contribution in [0.5, 0.6) is 0 Å². The Morgan fingerprint density at radius 3 is 2.71 bits per heavy atom. The van der Waals surface area contributed by atoms with Crippen LogP contribution in [0.1, 0.15) is 31.7 Å². The molecule has 1 N–H and O–H groups in total. The summed E-state index contributed by atoms with van der Waals surface area (Å²) in [4.78, 5) is 3.82. The first-order valence-corrected chi connectivity index (χ1v) is 4.80. The van der Waals surface area contributed by atoms with E-state index in [0.717, 1.165) is 5.56 Å². The Morgan fingerprint density at radius 2 is 2.21 bits per heavy atom. The smallest absolute Gasteiger partial charge is 0.141 e. The highest BCUT2D eigenvalue weighted by Crippen LogP contribution is 2.52. The third-order valence-electron chi connectivity index (χ3n) is 3.34. The molecule has 1 saturated carbocycles. The normalized spacial score (nSPS) is 29.7. The largest absolute Gasteiger partial charge is 0.393 e. The molecule has 0 bridgehead atoms. The Labute approximate surface area is 82.8 Å². The van der Waals surface area contributed by atoms with E-state index < -0.39 is 0 Å². The summed E-state index contributed by atoms with van der Waals surface area (Å²) >= 11 is 0. The van der Waals surface area contributed by atoms with E-state index >= 15 is 0 Å². The molecule has 2 unspecified atom stereocenters. The number of hydrogen-bond donors (Lipinski definition) is 1. The summed E-state index contributed by atoms with van der Waals surface area (Å²) in [5, 5.41) is 9.56. The second kappa shape index (κ2) is 3.02. The van der Waals surface area contributed by atoms with Crippen molar-refractivity contribution in [1.82, 2.24) is 4.98 Å². The van der Waals surface area contributed by atoms with Gasteiger partial charge in [0.25, 0.3) is 0 Å². The number of pyridine rings is 1. The van der Waals surface area contributed by atoms with Crippen molar-refractivity contribution in [3.05, 3.63) is 29.8 Å². The van der Waals surface area contributed by atoms with Crippen LogP contribution in [0, 0.1) is 11.2 Å². The first kappa shape index (κ1) is 9.59. The van der Waals surface area contributed by atoms with Gasteiger partial charge in [0, 0.05) is 6.20 Å². The van der Waals surface area contributed by atoms with Gasteiger partial charge in [0.1, 0.15) is 5.82 Å². The molecule has 0 aliphatic heterocycles.